The number of rotatable bonds is 4. The maximum absolute atomic E-state index is 5.73. The highest BCUT2D eigenvalue weighted by molar-refractivity contribution is 5.64. The van der Waals surface area contributed by atoms with Crippen LogP contribution in [0.5, 0.6) is 5.75 Å². The average Bonchev–Trinajstić information content (AvgIpc) is 2.18. The van der Waals surface area contributed by atoms with Crippen LogP contribution in [-0.4, -0.2) is 20.7 Å². The van der Waals surface area contributed by atoms with Crippen molar-refractivity contribution in [3.63, 3.8) is 0 Å². The Kier molecular flexibility index (Phi) is 5.56. The number of methoxy groups -OCH3 is 1. The van der Waals surface area contributed by atoms with Gasteiger partial charge in [-0.2, -0.15) is 0 Å². The first-order valence-corrected chi connectivity index (χ1v) is 4.83. The van der Waals surface area contributed by atoms with E-state index in [4.69, 9.17) is 10.5 Å². The van der Waals surface area contributed by atoms with Crippen LogP contribution in [0.1, 0.15) is 13.3 Å². The molecule has 0 spiro atoms. The molecule has 5 N–H and O–H groups in total. The molecule has 1 aromatic carbocycles. The number of nitrogens with zero attached hydrogens (tertiary/aromatic N) is 1. The minimum atomic E-state index is 0. The summed E-state index contributed by atoms with van der Waals surface area (Å²) in [7, 11) is 3.72. The summed E-state index contributed by atoms with van der Waals surface area (Å²) >= 11 is 0. The standard InChI is InChI=1S/C11H18N2O.H3N/c1-4-7-13(2)10-8-9(12)5-6-11(10)14-3;/h5-6,8H,4,7,12H2,1-3H3;1H3. The molecule has 0 aromatic heterocycles. The molecule has 0 fully saturated rings. The molecule has 4 nitrogen and oxygen atoms in total. The van der Waals surface area contributed by atoms with Crippen molar-refractivity contribution in [3.05, 3.63) is 18.2 Å². The molecule has 1 aromatic rings. The third-order valence-electron chi connectivity index (χ3n) is 2.17. The van der Waals surface area contributed by atoms with Gasteiger partial charge in [0.05, 0.1) is 12.8 Å². The van der Waals surface area contributed by atoms with Crippen molar-refractivity contribution < 1.29 is 4.74 Å². The Balaban J connectivity index is 0.00000196. The maximum atomic E-state index is 5.73. The van der Waals surface area contributed by atoms with Crippen molar-refractivity contribution in [3.8, 4) is 5.75 Å². The van der Waals surface area contributed by atoms with Gasteiger partial charge in [0.2, 0.25) is 0 Å². The molecule has 0 heterocycles. The largest absolute Gasteiger partial charge is 0.495 e. The van der Waals surface area contributed by atoms with Crippen molar-refractivity contribution >= 4 is 11.4 Å². The van der Waals surface area contributed by atoms with E-state index in [1.807, 2.05) is 25.2 Å². The first-order chi connectivity index (χ1) is 6.69. The number of nitrogens with two attached hydrogens (primary N) is 1. The summed E-state index contributed by atoms with van der Waals surface area (Å²) < 4.78 is 5.27. The van der Waals surface area contributed by atoms with E-state index in [-0.39, 0.29) is 6.15 Å². The molecule has 15 heavy (non-hydrogen) atoms. The fourth-order valence-corrected chi connectivity index (χ4v) is 1.46. The lowest BCUT2D eigenvalue weighted by molar-refractivity contribution is 0.415. The molecule has 0 bridgehead atoms. The Morgan fingerprint density at radius 1 is 1.40 bits per heavy atom. The quantitative estimate of drug-likeness (QED) is 0.749. The lowest BCUT2D eigenvalue weighted by atomic mass is 10.2. The van der Waals surface area contributed by atoms with Gasteiger partial charge in [0, 0.05) is 19.3 Å². The normalized spacial score (nSPS) is 9.27. The van der Waals surface area contributed by atoms with Gasteiger partial charge in [0.1, 0.15) is 5.75 Å². The lowest BCUT2D eigenvalue weighted by Crippen LogP contribution is -2.18. The topological polar surface area (TPSA) is 73.5 Å². The number of hydrogen-bond donors (Lipinski definition) is 2. The highest BCUT2D eigenvalue weighted by Crippen LogP contribution is 2.29. The minimum absolute atomic E-state index is 0. The lowest BCUT2D eigenvalue weighted by Gasteiger charge is -2.21. The third kappa shape index (κ3) is 3.32. The van der Waals surface area contributed by atoms with E-state index in [2.05, 4.69) is 11.8 Å². The van der Waals surface area contributed by atoms with Crippen LogP contribution in [0.15, 0.2) is 18.2 Å². The van der Waals surface area contributed by atoms with E-state index >= 15 is 0 Å². The second-order valence-electron chi connectivity index (χ2n) is 3.35. The van der Waals surface area contributed by atoms with E-state index in [0.29, 0.717) is 0 Å². The molecule has 0 aliphatic rings. The summed E-state index contributed by atoms with van der Waals surface area (Å²) in [5.41, 5.74) is 7.55. The molecule has 0 unspecified atom stereocenters. The van der Waals surface area contributed by atoms with Crippen LogP contribution in [0.3, 0.4) is 0 Å². The minimum Gasteiger partial charge on any atom is -0.495 e. The fourth-order valence-electron chi connectivity index (χ4n) is 1.46. The molecule has 0 aliphatic heterocycles. The molecular weight excluding hydrogens is 190 g/mol. The number of benzene rings is 1. The predicted molar refractivity (Wildman–Crippen MR) is 66.0 cm³/mol. The highest BCUT2D eigenvalue weighted by atomic mass is 16.5. The first-order valence-electron chi connectivity index (χ1n) is 4.83. The summed E-state index contributed by atoms with van der Waals surface area (Å²) in [4.78, 5) is 2.15. The van der Waals surface area contributed by atoms with E-state index in [1.54, 1.807) is 7.11 Å². The van der Waals surface area contributed by atoms with Crippen LogP contribution >= 0.6 is 0 Å². The van der Waals surface area contributed by atoms with Gasteiger partial charge in [-0.05, 0) is 24.6 Å². The van der Waals surface area contributed by atoms with E-state index < -0.39 is 0 Å². The monoisotopic (exact) mass is 211 g/mol. The Hall–Kier alpha value is -1.42. The molecule has 0 atom stereocenters. The van der Waals surface area contributed by atoms with Crippen molar-refractivity contribution in [1.82, 2.24) is 6.15 Å². The summed E-state index contributed by atoms with van der Waals surface area (Å²) in [5, 5.41) is 0. The van der Waals surface area contributed by atoms with Gasteiger partial charge in [-0.25, -0.2) is 0 Å². The molecule has 86 valence electrons. The Bertz CT molecular complexity index is 302. The second kappa shape index (κ2) is 6.14. The summed E-state index contributed by atoms with van der Waals surface area (Å²) in [6.45, 7) is 3.15. The van der Waals surface area contributed by atoms with Gasteiger partial charge in [0.15, 0.2) is 0 Å². The fraction of sp³-hybridized carbons (Fsp3) is 0.455. The smallest absolute Gasteiger partial charge is 0.142 e. The summed E-state index contributed by atoms with van der Waals surface area (Å²) in [6, 6.07) is 5.69. The molecule has 1 rings (SSSR count). The molecule has 4 heteroatoms. The number of ether oxygens (including phenoxy) is 1. The van der Waals surface area contributed by atoms with E-state index in [1.165, 1.54) is 0 Å². The van der Waals surface area contributed by atoms with Gasteiger partial charge in [0.25, 0.3) is 0 Å². The maximum Gasteiger partial charge on any atom is 0.142 e. The second-order valence-corrected chi connectivity index (χ2v) is 3.35. The molecular formula is C11H21N3O. The molecule has 0 saturated heterocycles. The van der Waals surface area contributed by atoms with Crippen LogP contribution in [-0.2, 0) is 0 Å². The van der Waals surface area contributed by atoms with Crippen LogP contribution in [0.2, 0.25) is 0 Å². The highest BCUT2D eigenvalue weighted by Gasteiger charge is 2.07. The Morgan fingerprint density at radius 2 is 2.07 bits per heavy atom. The number of nitrogen functional groups attached to an aromatic ring is 1. The van der Waals surface area contributed by atoms with Gasteiger partial charge in [-0.3, -0.25) is 0 Å². The molecule has 0 radical (unpaired) electrons. The molecule has 0 amide bonds. The van der Waals surface area contributed by atoms with Gasteiger partial charge >= 0.3 is 0 Å². The Morgan fingerprint density at radius 3 is 2.60 bits per heavy atom. The Labute approximate surface area is 91.6 Å². The zero-order chi connectivity index (χ0) is 10.6. The summed E-state index contributed by atoms with van der Waals surface area (Å²) in [5.74, 6) is 0.871. The van der Waals surface area contributed by atoms with Crippen LogP contribution in [0.25, 0.3) is 0 Å². The zero-order valence-electron chi connectivity index (χ0n) is 9.79. The van der Waals surface area contributed by atoms with Crippen molar-refractivity contribution in [1.29, 1.82) is 0 Å². The van der Waals surface area contributed by atoms with Crippen LogP contribution in [0, 0.1) is 0 Å². The SMILES string of the molecule is CCCN(C)c1cc(N)ccc1OC.N. The summed E-state index contributed by atoms with van der Waals surface area (Å²) in [6.07, 6.45) is 1.11. The van der Waals surface area contributed by atoms with E-state index in [0.717, 1.165) is 30.1 Å². The molecule has 0 aliphatic carbocycles. The predicted octanol–water partition coefficient (Wildman–Crippen LogP) is 2.29. The third-order valence-corrected chi connectivity index (χ3v) is 2.17. The molecule has 0 saturated carbocycles. The van der Waals surface area contributed by atoms with Gasteiger partial charge in [-0.1, -0.05) is 6.92 Å². The van der Waals surface area contributed by atoms with Crippen LogP contribution < -0.4 is 21.5 Å². The van der Waals surface area contributed by atoms with Crippen LogP contribution in [0.4, 0.5) is 11.4 Å². The number of anilines is 2. The van der Waals surface area contributed by atoms with Gasteiger partial charge < -0.3 is 21.5 Å². The first kappa shape index (κ1) is 13.6. The zero-order valence-corrected chi connectivity index (χ0v) is 9.79. The number of hydrogen-bond acceptors (Lipinski definition) is 4. The van der Waals surface area contributed by atoms with E-state index in [9.17, 15) is 0 Å². The average molecular weight is 211 g/mol. The van der Waals surface area contributed by atoms with Gasteiger partial charge in [-0.15, -0.1) is 0 Å². The van der Waals surface area contributed by atoms with Crippen molar-refractivity contribution in [2.24, 2.45) is 0 Å². The van der Waals surface area contributed by atoms with Crippen molar-refractivity contribution in [2.75, 3.05) is 31.3 Å². The van der Waals surface area contributed by atoms with Crippen molar-refractivity contribution in [2.45, 2.75) is 13.3 Å².